The first kappa shape index (κ1) is 15.8. The molecule has 25 heavy (non-hydrogen) atoms. The summed E-state index contributed by atoms with van der Waals surface area (Å²) in [4.78, 5) is 11.1. The lowest BCUT2D eigenvalue weighted by Gasteiger charge is -2.16. The normalized spacial score (nSPS) is 13.3. The maximum Gasteiger partial charge on any atom is 0.258 e. The summed E-state index contributed by atoms with van der Waals surface area (Å²) in [6.07, 6.45) is 2.63. The van der Waals surface area contributed by atoms with E-state index in [1.54, 1.807) is 6.20 Å². The van der Waals surface area contributed by atoms with Crippen LogP contribution in [-0.4, -0.2) is 39.9 Å². The number of β-amino-alcohol motifs (C(OH)–C–C–N with tert-alkyl or cyclic N) is 1. The van der Waals surface area contributed by atoms with Crippen molar-refractivity contribution in [2.45, 2.75) is 20.3 Å². The lowest BCUT2D eigenvalue weighted by atomic mass is 10.1. The van der Waals surface area contributed by atoms with E-state index in [9.17, 15) is 5.11 Å². The van der Waals surface area contributed by atoms with Crippen molar-refractivity contribution in [3.8, 4) is 22.8 Å². The van der Waals surface area contributed by atoms with Crippen LogP contribution < -0.4 is 4.90 Å². The lowest BCUT2D eigenvalue weighted by molar-refractivity contribution is 0.302. The molecule has 1 aromatic carbocycles. The summed E-state index contributed by atoms with van der Waals surface area (Å²) >= 11 is 0. The number of pyridine rings is 1. The van der Waals surface area contributed by atoms with Crippen LogP contribution in [0.15, 0.2) is 35.0 Å². The Morgan fingerprint density at radius 3 is 2.88 bits per heavy atom. The summed E-state index contributed by atoms with van der Waals surface area (Å²) in [5.41, 5.74) is 5.42. The topological polar surface area (TPSA) is 75.3 Å². The van der Waals surface area contributed by atoms with Crippen LogP contribution in [0.25, 0.3) is 22.8 Å². The van der Waals surface area contributed by atoms with E-state index in [-0.39, 0.29) is 6.61 Å². The molecule has 1 N–H and O–H groups in total. The fourth-order valence-corrected chi connectivity index (χ4v) is 3.23. The number of aromatic nitrogens is 3. The number of nitrogens with zero attached hydrogens (tertiary/aromatic N) is 4. The molecule has 3 aromatic rings. The molecule has 3 heterocycles. The first-order valence-corrected chi connectivity index (χ1v) is 8.43. The van der Waals surface area contributed by atoms with Gasteiger partial charge in [0.05, 0.1) is 6.61 Å². The van der Waals surface area contributed by atoms with E-state index >= 15 is 0 Å². The number of hydrogen-bond acceptors (Lipinski definition) is 6. The second kappa shape index (κ2) is 6.29. The van der Waals surface area contributed by atoms with Crippen molar-refractivity contribution in [1.29, 1.82) is 0 Å². The van der Waals surface area contributed by atoms with Gasteiger partial charge in [0.15, 0.2) is 0 Å². The molecule has 0 atom stereocenters. The summed E-state index contributed by atoms with van der Waals surface area (Å²) in [5, 5.41) is 13.4. The van der Waals surface area contributed by atoms with Crippen molar-refractivity contribution in [3.63, 3.8) is 0 Å². The molecule has 0 saturated carbocycles. The van der Waals surface area contributed by atoms with Crippen LogP contribution in [0, 0.1) is 13.8 Å². The molecule has 2 aromatic heterocycles. The second-order valence-corrected chi connectivity index (χ2v) is 6.34. The van der Waals surface area contributed by atoms with E-state index in [1.165, 1.54) is 11.1 Å². The molecule has 0 saturated heterocycles. The molecule has 0 bridgehead atoms. The Morgan fingerprint density at radius 2 is 2.08 bits per heavy atom. The Kier molecular flexibility index (Phi) is 3.97. The number of aliphatic hydroxyl groups is 1. The molecule has 128 valence electrons. The van der Waals surface area contributed by atoms with Gasteiger partial charge in [-0.25, -0.2) is 4.98 Å². The van der Waals surface area contributed by atoms with E-state index in [0.29, 0.717) is 18.3 Å². The van der Waals surface area contributed by atoms with Crippen molar-refractivity contribution >= 4 is 5.82 Å². The van der Waals surface area contributed by atoms with Crippen molar-refractivity contribution in [2.24, 2.45) is 0 Å². The van der Waals surface area contributed by atoms with Crippen LogP contribution in [-0.2, 0) is 6.42 Å². The Labute approximate surface area is 146 Å². The number of anilines is 1. The van der Waals surface area contributed by atoms with E-state index in [1.807, 2.05) is 12.1 Å². The zero-order chi connectivity index (χ0) is 17.4. The summed E-state index contributed by atoms with van der Waals surface area (Å²) < 4.78 is 5.50. The molecule has 1 aliphatic heterocycles. The van der Waals surface area contributed by atoms with Crippen LogP contribution in [0.2, 0.25) is 0 Å². The van der Waals surface area contributed by atoms with E-state index in [0.717, 1.165) is 35.5 Å². The van der Waals surface area contributed by atoms with Gasteiger partial charge >= 0.3 is 0 Å². The van der Waals surface area contributed by atoms with Gasteiger partial charge in [-0.1, -0.05) is 11.2 Å². The third-order valence-electron chi connectivity index (χ3n) is 4.76. The van der Waals surface area contributed by atoms with E-state index in [2.05, 4.69) is 46.0 Å². The van der Waals surface area contributed by atoms with Crippen molar-refractivity contribution in [2.75, 3.05) is 24.6 Å². The summed E-state index contributed by atoms with van der Waals surface area (Å²) in [6.45, 7) is 5.70. The molecule has 6 nitrogen and oxygen atoms in total. The SMILES string of the molecule is Cc1ccc(-c2nc(-c3ccnc4c3CCN4CCO)no2)cc1C. The molecule has 1 aliphatic rings. The first-order valence-electron chi connectivity index (χ1n) is 8.43. The first-order chi connectivity index (χ1) is 12.2. The Balaban J connectivity index is 1.70. The third kappa shape index (κ3) is 2.78. The Bertz CT molecular complexity index is 920. The highest BCUT2D eigenvalue weighted by Gasteiger charge is 2.25. The number of aryl methyl sites for hydroxylation is 2. The number of aliphatic hydroxyl groups excluding tert-OH is 1. The van der Waals surface area contributed by atoms with Gasteiger partial charge in [-0.15, -0.1) is 0 Å². The maximum atomic E-state index is 9.20. The van der Waals surface area contributed by atoms with Gasteiger partial charge in [0.2, 0.25) is 5.82 Å². The minimum atomic E-state index is 0.116. The highest BCUT2D eigenvalue weighted by atomic mass is 16.5. The summed E-state index contributed by atoms with van der Waals surface area (Å²) in [6, 6.07) is 8.05. The summed E-state index contributed by atoms with van der Waals surface area (Å²) in [7, 11) is 0. The van der Waals surface area contributed by atoms with Gasteiger partial charge in [-0.3, -0.25) is 0 Å². The van der Waals surface area contributed by atoms with E-state index in [4.69, 9.17) is 4.52 Å². The minimum absolute atomic E-state index is 0.116. The predicted molar refractivity (Wildman–Crippen MR) is 95.4 cm³/mol. The van der Waals surface area contributed by atoms with Crippen LogP contribution in [0.5, 0.6) is 0 Å². The average Bonchev–Trinajstić information content (AvgIpc) is 3.25. The Hall–Kier alpha value is -2.73. The minimum Gasteiger partial charge on any atom is -0.395 e. The highest BCUT2D eigenvalue weighted by molar-refractivity contribution is 5.71. The smallest absolute Gasteiger partial charge is 0.258 e. The fraction of sp³-hybridized carbons (Fsp3) is 0.316. The number of rotatable bonds is 4. The zero-order valence-electron chi connectivity index (χ0n) is 14.4. The molecular weight excluding hydrogens is 316 g/mol. The molecule has 6 heteroatoms. The van der Waals surface area contributed by atoms with Gasteiger partial charge in [0, 0.05) is 36.0 Å². The van der Waals surface area contributed by atoms with Gasteiger partial charge in [-0.2, -0.15) is 4.98 Å². The average molecular weight is 336 g/mol. The standard InChI is InChI=1S/C19H20N4O2/c1-12-3-4-14(11-13(12)2)19-21-17(22-25-19)15-5-7-20-18-16(15)6-8-23(18)9-10-24/h3-5,7,11,24H,6,8-10H2,1-2H3. The quantitative estimate of drug-likeness (QED) is 0.789. The molecule has 0 fully saturated rings. The van der Waals surface area contributed by atoms with Gasteiger partial charge < -0.3 is 14.5 Å². The van der Waals surface area contributed by atoms with Crippen LogP contribution in [0.1, 0.15) is 16.7 Å². The molecular formula is C19H20N4O2. The lowest BCUT2D eigenvalue weighted by Crippen LogP contribution is -2.24. The van der Waals surface area contributed by atoms with Gasteiger partial charge in [-0.05, 0) is 49.6 Å². The molecule has 0 amide bonds. The second-order valence-electron chi connectivity index (χ2n) is 6.34. The van der Waals surface area contributed by atoms with E-state index < -0.39 is 0 Å². The molecule has 0 radical (unpaired) electrons. The number of hydrogen-bond donors (Lipinski definition) is 1. The zero-order valence-corrected chi connectivity index (χ0v) is 14.4. The highest BCUT2D eigenvalue weighted by Crippen LogP contribution is 2.33. The molecule has 0 unspecified atom stereocenters. The molecule has 4 rings (SSSR count). The predicted octanol–water partition coefficient (Wildman–Crippen LogP) is 2.77. The van der Waals surface area contributed by atoms with Crippen LogP contribution >= 0.6 is 0 Å². The van der Waals surface area contributed by atoms with Gasteiger partial charge in [0.25, 0.3) is 5.89 Å². The Morgan fingerprint density at radius 1 is 1.20 bits per heavy atom. The number of benzene rings is 1. The summed E-state index contributed by atoms with van der Waals surface area (Å²) in [5.74, 6) is 2.01. The third-order valence-corrected chi connectivity index (χ3v) is 4.76. The number of fused-ring (bicyclic) bond motifs is 1. The monoisotopic (exact) mass is 336 g/mol. The van der Waals surface area contributed by atoms with Crippen molar-refractivity contribution < 1.29 is 9.63 Å². The van der Waals surface area contributed by atoms with Crippen LogP contribution in [0.3, 0.4) is 0 Å². The van der Waals surface area contributed by atoms with Crippen LogP contribution in [0.4, 0.5) is 5.82 Å². The van der Waals surface area contributed by atoms with Crippen molar-refractivity contribution in [1.82, 2.24) is 15.1 Å². The largest absolute Gasteiger partial charge is 0.395 e. The molecule has 0 aliphatic carbocycles. The van der Waals surface area contributed by atoms with Crippen molar-refractivity contribution in [3.05, 3.63) is 47.2 Å². The van der Waals surface area contributed by atoms with Gasteiger partial charge in [0.1, 0.15) is 5.82 Å². The maximum absolute atomic E-state index is 9.20. The molecule has 0 spiro atoms. The fourth-order valence-electron chi connectivity index (χ4n) is 3.23.